The van der Waals surface area contributed by atoms with Crippen molar-refractivity contribution in [1.82, 2.24) is 0 Å². The molecule has 1 aliphatic carbocycles. The van der Waals surface area contributed by atoms with E-state index in [1.54, 1.807) is 6.07 Å². The molecule has 0 spiro atoms. The maximum atomic E-state index is 12.9. The van der Waals surface area contributed by atoms with Crippen molar-refractivity contribution in [3.05, 3.63) is 64.7 Å². The Balaban J connectivity index is 1.89. The zero-order valence-corrected chi connectivity index (χ0v) is 13.3. The van der Waals surface area contributed by atoms with E-state index in [1.165, 1.54) is 12.1 Å². The van der Waals surface area contributed by atoms with E-state index >= 15 is 0 Å². The highest BCUT2D eigenvalue weighted by Crippen LogP contribution is 2.44. The molecule has 1 saturated carbocycles. The van der Waals surface area contributed by atoms with Gasteiger partial charge in [0.2, 0.25) is 11.8 Å². The molecule has 2 amide bonds. The van der Waals surface area contributed by atoms with Gasteiger partial charge < -0.3 is 11.1 Å². The third-order valence-electron chi connectivity index (χ3n) is 4.47. The Morgan fingerprint density at radius 2 is 1.78 bits per heavy atom. The predicted molar refractivity (Wildman–Crippen MR) is 90.6 cm³/mol. The van der Waals surface area contributed by atoms with Crippen molar-refractivity contribution in [3.63, 3.8) is 0 Å². The fourth-order valence-corrected chi connectivity index (χ4v) is 3.12. The van der Waals surface area contributed by atoms with Crippen LogP contribution in [0.2, 0.25) is 5.02 Å². The largest absolute Gasteiger partial charge is 0.366 e. The number of halogens is 1. The average molecular weight is 329 g/mol. The van der Waals surface area contributed by atoms with E-state index in [4.69, 9.17) is 17.3 Å². The van der Waals surface area contributed by atoms with Gasteiger partial charge in [0.1, 0.15) is 0 Å². The lowest BCUT2D eigenvalue weighted by atomic mass is 9.64. The number of primary amides is 1. The molecule has 3 N–H and O–H groups in total. The van der Waals surface area contributed by atoms with Gasteiger partial charge >= 0.3 is 0 Å². The van der Waals surface area contributed by atoms with Crippen LogP contribution < -0.4 is 11.1 Å². The van der Waals surface area contributed by atoms with Crippen LogP contribution in [0.5, 0.6) is 0 Å². The first-order valence-electron chi connectivity index (χ1n) is 7.49. The zero-order chi connectivity index (χ0) is 16.4. The van der Waals surface area contributed by atoms with Crippen LogP contribution in [0.4, 0.5) is 5.69 Å². The van der Waals surface area contributed by atoms with Gasteiger partial charge in [0.05, 0.1) is 16.1 Å². The van der Waals surface area contributed by atoms with Crippen molar-refractivity contribution >= 4 is 29.1 Å². The molecule has 1 aliphatic rings. The molecule has 5 heteroatoms. The van der Waals surface area contributed by atoms with Gasteiger partial charge in [0, 0.05) is 5.56 Å². The molecule has 4 nitrogen and oxygen atoms in total. The SMILES string of the molecule is NC(=O)c1ccc(Cl)c(NC(=O)C2(c3ccccc3)CCC2)c1. The topological polar surface area (TPSA) is 72.2 Å². The third-order valence-corrected chi connectivity index (χ3v) is 4.80. The van der Waals surface area contributed by atoms with Crippen molar-refractivity contribution in [3.8, 4) is 0 Å². The predicted octanol–water partition coefficient (Wildman–Crippen LogP) is 3.50. The second-order valence-corrected chi connectivity index (χ2v) is 6.22. The van der Waals surface area contributed by atoms with Crippen molar-refractivity contribution in [2.24, 2.45) is 5.73 Å². The minimum absolute atomic E-state index is 0.0986. The smallest absolute Gasteiger partial charge is 0.248 e. The van der Waals surface area contributed by atoms with E-state index in [0.29, 0.717) is 16.3 Å². The summed E-state index contributed by atoms with van der Waals surface area (Å²) >= 11 is 6.14. The zero-order valence-electron chi connectivity index (χ0n) is 12.5. The molecule has 0 radical (unpaired) electrons. The first-order chi connectivity index (χ1) is 11.0. The van der Waals surface area contributed by atoms with E-state index < -0.39 is 11.3 Å². The summed E-state index contributed by atoms with van der Waals surface area (Å²) in [7, 11) is 0. The lowest BCUT2D eigenvalue weighted by molar-refractivity contribution is -0.124. The molecule has 23 heavy (non-hydrogen) atoms. The first kappa shape index (κ1) is 15.6. The summed E-state index contributed by atoms with van der Waals surface area (Å²) in [5, 5.41) is 3.25. The number of carbonyl (C=O) groups excluding carboxylic acids is 2. The monoisotopic (exact) mass is 328 g/mol. The number of amides is 2. The van der Waals surface area contributed by atoms with Gasteiger partial charge in [0.25, 0.3) is 0 Å². The van der Waals surface area contributed by atoms with Crippen LogP contribution in [-0.4, -0.2) is 11.8 Å². The summed E-state index contributed by atoms with van der Waals surface area (Å²) in [6.07, 6.45) is 2.61. The standard InChI is InChI=1S/C18H17ClN2O2/c19-14-8-7-12(16(20)22)11-15(14)21-17(23)18(9-4-10-18)13-5-2-1-3-6-13/h1-3,5-8,11H,4,9-10H2,(H2,20,22)(H,21,23). The quantitative estimate of drug-likeness (QED) is 0.901. The van der Waals surface area contributed by atoms with Gasteiger partial charge in [-0.15, -0.1) is 0 Å². The fourth-order valence-electron chi connectivity index (χ4n) is 2.95. The lowest BCUT2D eigenvalue weighted by Crippen LogP contribution is -2.46. The molecule has 0 unspecified atom stereocenters. The molecule has 2 aromatic carbocycles. The van der Waals surface area contributed by atoms with Gasteiger partial charge in [-0.25, -0.2) is 0 Å². The summed E-state index contributed by atoms with van der Waals surface area (Å²) < 4.78 is 0. The van der Waals surface area contributed by atoms with Crippen LogP contribution >= 0.6 is 11.6 Å². The molecule has 1 fully saturated rings. The normalized spacial score (nSPS) is 15.5. The summed E-state index contributed by atoms with van der Waals surface area (Å²) in [4.78, 5) is 24.2. The summed E-state index contributed by atoms with van der Waals surface area (Å²) in [5.74, 6) is -0.656. The first-order valence-corrected chi connectivity index (χ1v) is 7.87. The van der Waals surface area contributed by atoms with E-state index in [2.05, 4.69) is 5.32 Å². The minimum atomic E-state index is -0.557. The molecular weight excluding hydrogens is 312 g/mol. The third kappa shape index (κ3) is 2.82. The maximum absolute atomic E-state index is 12.9. The van der Waals surface area contributed by atoms with Gasteiger partial charge in [-0.3, -0.25) is 9.59 Å². The molecule has 3 rings (SSSR count). The van der Waals surface area contributed by atoms with Gasteiger partial charge in [-0.2, -0.15) is 0 Å². The van der Waals surface area contributed by atoms with E-state index in [9.17, 15) is 9.59 Å². The number of nitrogens with two attached hydrogens (primary N) is 1. The highest BCUT2D eigenvalue weighted by atomic mass is 35.5. The molecule has 0 aromatic heterocycles. The molecule has 0 atom stereocenters. The average Bonchev–Trinajstić information content (AvgIpc) is 2.49. The number of carbonyl (C=O) groups is 2. The Labute approximate surface area is 139 Å². The Bertz CT molecular complexity index is 755. The molecular formula is C18H17ClN2O2. The maximum Gasteiger partial charge on any atom is 0.248 e. The number of nitrogens with one attached hydrogen (secondary N) is 1. The van der Waals surface area contributed by atoms with E-state index in [1.807, 2.05) is 30.3 Å². The van der Waals surface area contributed by atoms with Crippen LogP contribution in [0.1, 0.15) is 35.2 Å². The van der Waals surface area contributed by atoms with Crippen LogP contribution in [0.3, 0.4) is 0 Å². The van der Waals surface area contributed by atoms with Crippen molar-refractivity contribution in [1.29, 1.82) is 0 Å². The Morgan fingerprint density at radius 3 is 2.35 bits per heavy atom. The van der Waals surface area contributed by atoms with E-state index in [-0.39, 0.29) is 5.91 Å². The van der Waals surface area contributed by atoms with Gasteiger partial charge in [-0.05, 0) is 36.6 Å². The molecule has 2 aromatic rings. The summed E-state index contributed by atoms with van der Waals surface area (Å²) in [5.41, 5.74) is 6.49. The molecule has 0 heterocycles. The number of hydrogen-bond donors (Lipinski definition) is 2. The second kappa shape index (κ2) is 6.05. The number of hydrogen-bond acceptors (Lipinski definition) is 2. The molecule has 0 bridgehead atoms. The van der Waals surface area contributed by atoms with Crippen LogP contribution in [-0.2, 0) is 10.2 Å². The van der Waals surface area contributed by atoms with Crippen molar-refractivity contribution in [2.45, 2.75) is 24.7 Å². The van der Waals surface area contributed by atoms with Crippen LogP contribution in [0, 0.1) is 0 Å². The van der Waals surface area contributed by atoms with Crippen LogP contribution in [0.25, 0.3) is 0 Å². The highest BCUT2D eigenvalue weighted by molar-refractivity contribution is 6.34. The molecule has 0 aliphatic heterocycles. The van der Waals surface area contributed by atoms with E-state index in [0.717, 1.165) is 24.8 Å². The van der Waals surface area contributed by atoms with Crippen molar-refractivity contribution in [2.75, 3.05) is 5.32 Å². The fraction of sp³-hybridized carbons (Fsp3) is 0.222. The second-order valence-electron chi connectivity index (χ2n) is 5.81. The Morgan fingerprint density at radius 1 is 1.09 bits per heavy atom. The Kier molecular flexibility index (Phi) is 4.09. The van der Waals surface area contributed by atoms with Gasteiger partial charge in [-0.1, -0.05) is 48.4 Å². The summed E-state index contributed by atoms with van der Waals surface area (Å²) in [6.45, 7) is 0. The lowest BCUT2D eigenvalue weighted by Gasteiger charge is -2.40. The summed E-state index contributed by atoms with van der Waals surface area (Å²) in [6, 6.07) is 14.4. The number of anilines is 1. The minimum Gasteiger partial charge on any atom is -0.366 e. The molecule has 118 valence electrons. The van der Waals surface area contributed by atoms with Gasteiger partial charge in [0.15, 0.2) is 0 Å². The Hall–Kier alpha value is -2.33. The highest BCUT2D eigenvalue weighted by Gasteiger charge is 2.45. The number of benzene rings is 2. The van der Waals surface area contributed by atoms with Crippen LogP contribution in [0.15, 0.2) is 48.5 Å². The molecule has 0 saturated heterocycles. The van der Waals surface area contributed by atoms with Crippen molar-refractivity contribution < 1.29 is 9.59 Å². The number of rotatable bonds is 4.